The molecule has 32 heavy (non-hydrogen) atoms. The first-order chi connectivity index (χ1) is 15.0. The number of aromatic nitrogens is 2. The molecule has 0 radical (unpaired) electrons. The second-order valence-corrected chi connectivity index (χ2v) is 9.26. The minimum atomic E-state index is -0.563. The van der Waals surface area contributed by atoms with Crippen LogP contribution in [0.3, 0.4) is 0 Å². The molecule has 1 unspecified atom stereocenters. The van der Waals surface area contributed by atoms with Gasteiger partial charge in [-0.25, -0.2) is 4.79 Å². The van der Waals surface area contributed by atoms with E-state index in [4.69, 9.17) is 4.74 Å². The standard InChI is InChI=1S/C24H38N6O2/c1-17(2)21-19(16-30(8)28-21)15-29(7)22(25-6)26-14-20(18-12-10-9-11-13-18)27-23(31)32-24(3,4)5/h9-13,16-17,20H,14-15H2,1-8H3,(H,25,26)(H,27,31). The van der Waals surface area contributed by atoms with Gasteiger partial charge in [0.25, 0.3) is 0 Å². The maximum atomic E-state index is 12.4. The molecule has 0 bridgehead atoms. The Hall–Kier alpha value is -3.03. The Kier molecular flexibility index (Phi) is 8.69. The Bertz CT molecular complexity index is 899. The summed E-state index contributed by atoms with van der Waals surface area (Å²) in [5, 5.41) is 11.0. The van der Waals surface area contributed by atoms with Crippen LogP contribution in [0.5, 0.6) is 0 Å². The number of nitrogens with one attached hydrogen (secondary N) is 2. The van der Waals surface area contributed by atoms with Gasteiger partial charge in [-0.3, -0.25) is 9.67 Å². The lowest BCUT2D eigenvalue weighted by molar-refractivity contribution is 0.0504. The molecule has 0 spiro atoms. The zero-order chi connectivity index (χ0) is 23.9. The van der Waals surface area contributed by atoms with E-state index >= 15 is 0 Å². The molecule has 0 aliphatic carbocycles. The predicted molar refractivity (Wildman–Crippen MR) is 129 cm³/mol. The normalized spacial score (nSPS) is 13.1. The number of amides is 1. The fraction of sp³-hybridized carbons (Fsp3) is 0.542. The second-order valence-electron chi connectivity index (χ2n) is 9.26. The topological polar surface area (TPSA) is 83.8 Å². The van der Waals surface area contributed by atoms with Crippen molar-refractivity contribution < 1.29 is 9.53 Å². The van der Waals surface area contributed by atoms with Crippen LogP contribution < -0.4 is 10.6 Å². The third kappa shape index (κ3) is 7.59. The van der Waals surface area contributed by atoms with E-state index in [0.29, 0.717) is 19.0 Å². The highest BCUT2D eigenvalue weighted by atomic mass is 16.6. The fourth-order valence-corrected chi connectivity index (χ4v) is 3.46. The van der Waals surface area contributed by atoms with Gasteiger partial charge in [-0.15, -0.1) is 0 Å². The lowest BCUT2D eigenvalue weighted by Crippen LogP contribution is -2.44. The van der Waals surface area contributed by atoms with Crippen LogP contribution in [0.4, 0.5) is 4.79 Å². The molecular weight excluding hydrogens is 404 g/mol. The van der Waals surface area contributed by atoms with Crippen LogP contribution in [0.25, 0.3) is 0 Å². The van der Waals surface area contributed by atoms with E-state index in [1.54, 1.807) is 7.05 Å². The second kappa shape index (κ2) is 11.0. The Morgan fingerprint density at radius 3 is 2.47 bits per heavy atom. The molecule has 2 rings (SSSR count). The minimum absolute atomic E-state index is 0.277. The molecule has 0 aliphatic heterocycles. The molecule has 8 nitrogen and oxygen atoms in total. The molecule has 2 N–H and O–H groups in total. The molecule has 0 saturated heterocycles. The maximum absolute atomic E-state index is 12.4. The van der Waals surface area contributed by atoms with Crippen molar-refractivity contribution >= 4 is 12.1 Å². The van der Waals surface area contributed by atoms with E-state index in [-0.39, 0.29) is 6.04 Å². The number of alkyl carbamates (subject to hydrolysis) is 1. The zero-order valence-corrected chi connectivity index (χ0v) is 20.6. The van der Waals surface area contributed by atoms with E-state index < -0.39 is 11.7 Å². The monoisotopic (exact) mass is 442 g/mol. The highest BCUT2D eigenvalue weighted by Gasteiger charge is 2.22. The van der Waals surface area contributed by atoms with Crippen LogP contribution in [-0.2, 0) is 18.3 Å². The molecule has 2 aromatic rings. The van der Waals surface area contributed by atoms with E-state index in [1.807, 2.05) is 69.9 Å². The maximum Gasteiger partial charge on any atom is 0.408 e. The fourth-order valence-electron chi connectivity index (χ4n) is 3.46. The first-order valence-corrected chi connectivity index (χ1v) is 11.0. The number of aliphatic imine (C=N–C) groups is 1. The van der Waals surface area contributed by atoms with E-state index in [2.05, 4.69) is 45.7 Å². The molecule has 0 aliphatic rings. The molecule has 8 heteroatoms. The van der Waals surface area contributed by atoms with Gasteiger partial charge in [-0.1, -0.05) is 44.2 Å². The first kappa shape index (κ1) is 25.2. The SMILES string of the molecule is CN=C(NCC(NC(=O)OC(C)(C)C)c1ccccc1)N(C)Cc1cn(C)nc1C(C)C. The van der Waals surface area contributed by atoms with Crippen LogP contribution in [-0.4, -0.2) is 53.0 Å². The van der Waals surface area contributed by atoms with Gasteiger partial charge < -0.3 is 20.3 Å². The van der Waals surface area contributed by atoms with Gasteiger partial charge in [-0.05, 0) is 32.3 Å². The zero-order valence-electron chi connectivity index (χ0n) is 20.6. The summed E-state index contributed by atoms with van der Waals surface area (Å²) in [4.78, 5) is 18.9. The van der Waals surface area contributed by atoms with Crippen LogP contribution in [0.2, 0.25) is 0 Å². The highest BCUT2D eigenvalue weighted by Crippen LogP contribution is 2.19. The molecule has 1 aromatic heterocycles. The lowest BCUT2D eigenvalue weighted by Gasteiger charge is -2.27. The average Bonchev–Trinajstić information content (AvgIpc) is 3.07. The van der Waals surface area contributed by atoms with Gasteiger partial charge in [0.15, 0.2) is 5.96 Å². The van der Waals surface area contributed by atoms with Crippen LogP contribution in [0, 0.1) is 0 Å². The van der Waals surface area contributed by atoms with Gasteiger partial charge in [0.2, 0.25) is 0 Å². The van der Waals surface area contributed by atoms with Crippen molar-refractivity contribution in [2.24, 2.45) is 12.0 Å². The number of aryl methyl sites for hydroxylation is 1. The summed E-state index contributed by atoms with van der Waals surface area (Å²) in [5.41, 5.74) is 2.67. The number of ether oxygens (including phenoxy) is 1. The summed E-state index contributed by atoms with van der Waals surface area (Å²) in [6.45, 7) is 11.0. The van der Waals surface area contributed by atoms with Crippen molar-refractivity contribution in [3.8, 4) is 0 Å². The average molecular weight is 443 g/mol. The minimum Gasteiger partial charge on any atom is -0.444 e. The van der Waals surface area contributed by atoms with Crippen molar-refractivity contribution in [2.45, 2.75) is 58.7 Å². The van der Waals surface area contributed by atoms with Gasteiger partial charge in [0.1, 0.15) is 5.60 Å². The molecule has 1 aromatic carbocycles. The lowest BCUT2D eigenvalue weighted by atomic mass is 10.1. The molecule has 1 heterocycles. The van der Waals surface area contributed by atoms with E-state index in [0.717, 1.165) is 17.2 Å². The first-order valence-electron chi connectivity index (χ1n) is 11.0. The van der Waals surface area contributed by atoms with Crippen molar-refractivity contribution in [3.05, 3.63) is 53.3 Å². The summed E-state index contributed by atoms with van der Waals surface area (Å²) in [5.74, 6) is 1.07. The molecule has 0 saturated carbocycles. The van der Waals surface area contributed by atoms with Gasteiger partial charge in [-0.2, -0.15) is 5.10 Å². The van der Waals surface area contributed by atoms with Gasteiger partial charge in [0, 0.05) is 46.0 Å². The molecular formula is C24H38N6O2. The number of guanidine groups is 1. The van der Waals surface area contributed by atoms with Crippen molar-refractivity contribution in [2.75, 3.05) is 20.6 Å². The summed E-state index contributed by atoms with van der Waals surface area (Å²) >= 11 is 0. The molecule has 176 valence electrons. The Labute approximate surface area is 192 Å². The van der Waals surface area contributed by atoms with Crippen LogP contribution >= 0.6 is 0 Å². The number of carbonyl (C=O) groups is 1. The van der Waals surface area contributed by atoms with Gasteiger partial charge >= 0.3 is 6.09 Å². The predicted octanol–water partition coefficient (Wildman–Crippen LogP) is 3.82. The summed E-state index contributed by atoms with van der Waals surface area (Å²) in [7, 11) is 5.69. The number of hydrogen-bond donors (Lipinski definition) is 2. The van der Waals surface area contributed by atoms with Crippen molar-refractivity contribution in [1.29, 1.82) is 0 Å². The molecule has 1 atom stereocenters. The van der Waals surface area contributed by atoms with Crippen molar-refractivity contribution in [1.82, 2.24) is 25.3 Å². The van der Waals surface area contributed by atoms with Crippen LogP contribution in [0.1, 0.15) is 63.4 Å². The van der Waals surface area contributed by atoms with Gasteiger partial charge in [0.05, 0.1) is 11.7 Å². The van der Waals surface area contributed by atoms with E-state index in [9.17, 15) is 4.79 Å². The number of rotatable bonds is 7. The summed E-state index contributed by atoms with van der Waals surface area (Å²) in [6.07, 6.45) is 1.60. The van der Waals surface area contributed by atoms with Crippen molar-refractivity contribution in [3.63, 3.8) is 0 Å². The molecule has 1 amide bonds. The summed E-state index contributed by atoms with van der Waals surface area (Å²) < 4.78 is 7.31. The Morgan fingerprint density at radius 1 is 1.25 bits per heavy atom. The Balaban J connectivity index is 2.10. The van der Waals surface area contributed by atoms with E-state index in [1.165, 1.54) is 5.56 Å². The Morgan fingerprint density at radius 2 is 1.91 bits per heavy atom. The third-order valence-electron chi connectivity index (χ3n) is 4.82. The quantitative estimate of drug-likeness (QED) is 0.503. The number of carbonyl (C=O) groups excluding carboxylic acids is 1. The third-order valence-corrected chi connectivity index (χ3v) is 4.82. The van der Waals surface area contributed by atoms with Crippen LogP contribution in [0.15, 0.2) is 41.5 Å². The summed E-state index contributed by atoms with van der Waals surface area (Å²) in [6, 6.07) is 9.56. The highest BCUT2D eigenvalue weighted by molar-refractivity contribution is 5.79. The smallest absolute Gasteiger partial charge is 0.408 e. The molecule has 0 fully saturated rings. The number of benzene rings is 1. The largest absolute Gasteiger partial charge is 0.444 e. The number of hydrogen-bond acceptors (Lipinski definition) is 4. The number of nitrogens with zero attached hydrogens (tertiary/aromatic N) is 4.